The minimum absolute atomic E-state index is 0.214. The van der Waals surface area contributed by atoms with Crippen molar-refractivity contribution >= 4 is 6.21 Å². The Morgan fingerprint density at radius 2 is 1.64 bits per heavy atom. The first-order chi connectivity index (χ1) is 16.0. The second-order valence-corrected chi connectivity index (χ2v) is 9.09. The number of halogens is 1. The average Bonchev–Trinajstić information content (AvgIpc) is 2.84. The lowest BCUT2D eigenvalue weighted by atomic mass is 9.69. The first kappa shape index (κ1) is 24.9. The Balaban J connectivity index is 1.42. The summed E-state index contributed by atoms with van der Waals surface area (Å²) < 4.78 is 18.7. The minimum atomic E-state index is -0.500. The lowest BCUT2D eigenvalue weighted by Crippen LogP contribution is -2.47. The predicted molar refractivity (Wildman–Crippen MR) is 130 cm³/mol. The van der Waals surface area contributed by atoms with Crippen molar-refractivity contribution < 1.29 is 9.13 Å². The molecule has 1 atom stereocenters. The molecule has 33 heavy (non-hydrogen) atoms. The highest BCUT2D eigenvalue weighted by Crippen LogP contribution is 2.36. The predicted octanol–water partition coefficient (Wildman–Crippen LogP) is 4.72. The normalized spacial score (nSPS) is 16.8. The fraction of sp³-hybridized carbons (Fsp3) is 0.481. The molecule has 0 amide bonds. The van der Waals surface area contributed by atoms with Crippen molar-refractivity contribution in [2.45, 2.75) is 32.1 Å². The first-order valence-corrected chi connectivity index (χ1v) is 11.8. The van der Waals surface area contributed by atoms with Gasteiger partial charge in [0.15, 0.2) is 0 Å². The van der Waals surface area contributed by atoms with Gasteiger partial charge in [-0.3, -0.25) is 4.90 Å². The largest absolute Gasteiger partial charge is 0.492 e. The summed E-state index contributed by atoms with van der Waals surface area (Å²) in [5, 5.41) is 17.5. The molecule has 3 rings (SSSR count). The third kappa shape index (κ3) is 6.63. The Morgan fingerprint density at radius 3 is 2.18 bits per heavy atom. The van der Waals surface area contributed by atoms with Gasteiger partial charge in [0.1, 0.15) is 18.2 Å². The summed E-state index contributed by atoms with van der Waals surface area (Å²) in [6.07, 6.45) is 3.14. The van der Waals surface area contributed by atoms with E-state index in [-0.39, 0.29) is 11.7 Å². The highest BCUT2D eigenvalue weighted by Gasteiger charge is 2.35. The fourth-order valence-electron chi connectivity index (χ4n) is 4.53. The number of nitriles is 1. The van der Waals surface area contributed by atoms with Gasteiger partial charge in [-0.05, 0) is 60.7 Å². The molecule has 0 aliphatic carbocycles. The number of hydrogen-bond donors (Lipinski definition) is 1. The van der Waals surface area contributed by atoms with Gasteiger partial charge in [0.25, 0.3) is 0 Å². The van der Waals surface area contributed by atoms with E-state index in [1.165, 1.54) is 18.3 Å². The molecule has 1 heterocycles. The number of ether oxygens (including phenoxy) is 1. The lowest BCUT2D eigenvalue weighted by Gasteiger charge is -2.36. The molecule has 0 bridgehead atoms. The molecule has 1 aliphatic rings. The molecule has 1 fully saturated rings. The summed E-state index contributed by atoms with van der Waals surface area (Å²) in [5.74, 6) is 0.666. The SMILES string of the molecule is CC(C)C(C#N)(CCCN1CCN(CCOc2ccc(F)cc2)CC1)c1ccc(C=N)cc1. The number of rotatable bonds is 11. The number of piperazine rings is 1. The molecular weight excluding hydrogens is 415 g/mol. The van der Waals surface area contributed by atoms with Crippen LogP contribution in [0.15, 0.2) is 48.5 Å². The van der Waals surface area contributed by atoms with Crippen molar-refractivity contribution in [3.05, 3.63) is 65.5 Å². The van der Waals surface area contributed by atoms with Crippen molar-refractivity contribution in [1.82, 2.24) is 9.80 Å². The molecule has 0 radical (unpaired) electrons. The molecule has 6 heteroatoms. The average molecular weight is 451 g/mol. The third-order valence-corrected chi connectivity index (χ3v) is 6.78. The van der Waals surface area contributed by atoms with Crippen molar-refractivity contribution in [2.24, 2.45) is 5.92 Å². The summed E-state index contributed by atoms with van der Waals surface area (Å²) in [6, 6.07) is 16.7. The van der Waals surface area contributed by atoms with Crippen LogP contribution in [0.1, 0.15) is 37.8 Å². The number of hydrogen-bond acceptors (Lipinski definition) is 5. The van der Waals surface area contributed by atoms with Crippen LogP contribution in [-0.4, -0.2) is 61.9 Å². The molecule has 176 valence electrons. The van der Waals surface area contributed by atoms with Crippen LogP contribution in [0.2, 0.25) is 0 Å². The lowest BCUT2D eigenvalue weighted by molar-refractivity contribution is 0.114. The van der Waals surface area contributed by atoms with Gasteiger partial charge in [0.2, 0.25) is 0 Å². The second-order valence-electron chi connectivity index (χ2n) is 9.09. The van der Waals surface area contributed by atoms with Crippen LogP contribution < -0.4 is 4.74 Å². The van der Waals surface area contributed by atoms with Crippen molar-refractivity contribution in [3.8, 4) is 11.8 Å². The smallest absolute Gasteiger partial charge is 0.123 e. The van der Waals surface area contributed by atoms with E-state index in [1.807, 2.05) is 24.3 Å². The maximum Gasteiger partial charge on any atom is 0.123 e. The molecule has 0 aromatic heterocycles. The number of nitrogens with zero attached hydrogens (tertiary/aromatic N) is 3. The van der Waals surface area contributed by atoms with Crippen LogP contribution in [0.25, 0.3) is 0 Å². The molecule has 1 unspecified atom stereocenters. The Morgan fingerprint density at radius 1 is 1.03 bits per heavy atom. The van der Waals surface area contributed by atoms with Crippen LogP contribution >= 0.6 is 0 Å². The summed E-state index contributed by atoms with van der Waals surface area (Å²) in [6.45, 7) is 10.8. The maximum absolute atomic E-state index is 13.0. The summed E-state index contributed by atoms with van der Waals surface area (Å²) in [7, 11) is 0. The molecule has 2 aromatic carbocycles. The highest BCUT2D eigenvalue weighted by atomic mass is 19.1. The second kappa shape index (κ2) is 11.9. The zero-order valence-corrected chi connectivity index (χ0v) is 19.8. The quantitative estimate of drug-likeness (QED) is 0.503. The number of nitrogens with one attached hydrogen (secondary N) is 1. The molecular formula is C27H35FN4O. The summed E-state index contributed by atoms with van der Waals surface area (Å²) in [5.41, 5.74) is 1.41. The van der Waals surface area contributed by atoms with E-state index in [2.05, 4.69) is 29.7 Å². The Bertz CT molecular complexity index is 915. The van der Waals surface area contributed by atoms with Crippen LogP contribution in [0.4, 0.5) is 4.39 Å². The first-order valence-electron chi connectivity index (χ1n) is 11.8. The van der Waals surface area contributed by atoms with E-state index < -0.39 is 5.41 Å². The van der Waals surface area contributed by atoms with E-state index in [1.54, 1.807) is 12.1 Å². The van der Waals surface area contributed by atoms with Gasteiger partial charge in [-0.1, -0.05) is 38.1 Å². The zero-order valence-electron chi connectivity index (χ0n) is 19.8. The van der Waals surface area contributed by atoms with E-state index in [4.69, 9.17) is 10.1 Å². The molecule has 1 saturated heterocycles. The van der Waals surface area contributed by atoms with Crippen LogP contribution in [-0.2, 0) is 5.41 Å². The van der Waals surface area contributed by atoms with Crippen molar-refractivity contribution in [3.63, 3.8) is 0 Å². The van der Waals surface area contributed by atoms with E-state index in [0.29, 0.717) is 12.4 Å². The van der Waals surface area contributed by atoms with E-state index in [0.717, 1.165) is 63.2 Å². The van der Waals surface area contributed by atoms with Crippen molar-refractivity contribution in [1.29, 1.82) is 10.7 Å². The van der Waals surface area contributed by atoms with Gasteiger partial charge in [-0.15, -0.1) is 0 Å². The third-order valence-electron chi connectivity index (χ3n) is 6.78. The Hall–Kier alpha value is -2.75. The molecule has 0 spiro atoms. The maximum atomic E-state index is 13.0. The van der Waals surface area contributed by atoms with Gasteiger partial charge in [0.05, 0.1) is 11.5 Å². The molecule has 2 aromatic rings. The minimum Gasteiger partial charge on any atom is -0.492 e. The highest BCUT2D eigenvalue weighted by molar-refractivity contribution is 5.76. The van der Waals surface area contributed by atoms with Crippen LogP contribution in [0, 0.1) is 28.5 Å². The summed E-state index contributed by atoms with van der Waals surface area (Å²) >= 11 is 0. The molecule has 1 aliphatic heterocycles. The standard InChI is InChI=1S/C27H35FN4O/c1-22(2)27(21-30,24-6-4-23(20-29)5-7-24)12-3-13-31-14-16-32(17-15-31)18-19-33-26-10-8-25(28)9-11-26/h4-11,20,22,29H,3,12-19H2,1-2H3. The van der Waals surface area contributed by atoms with Gasteiger partial charge in [0, 0.05) is 38.9 Å². The Labute approximate surface area is 197 Å². The molecule has 5 nitrogen and oxygen atoms in total. The topological polar surface area (TPSA) is 63.4 Å². The van der Waals surface area contributed by atoms with Crippen LogP contribution in [0.5, 0.6) is 5.75 Å². The van der Waals surface area contributed by atoms with Gasteiger partial charge in [-0.25, -0.2) is 4.39 Å². The molecule has 0 saturated carbocycles. The fourth-order valence-corrected chi connectivity index (χ4v) is 4.53. The van der Waals surface area contributed by atoms with Gasteiger partial charge in [-0.2, -0.15) is 5.26 Å². The monoisotopic (exact) mass is 450 g/mol. The van der Waals surface area contributed by atoms with E-state index >= 15 is 0 Å². The zero-order chi connectivity index (χ0) is 23.7. The van der Waals surface area contributed by atoms with Crippen molar-refractivity contribution in [2.75, 3.05) is 45.9 Å². The van der Waals surface area contributed by atoms with E-state index in [9.17, 15) is 9.65 Å². The van der Waals surface area contributed by atoms with Crippen LogP contribution in [0.3, 0.4) is 0 Å². The van der Waals surface area contributed by atoms with Gasteiger partial charge < -0.3 is 15.0 Å². The molecule has 1 N–H and O–H groups in total. The number of benzene rings is 2. The summed E-state index contributed by atoms with van der Waals surface area (Å²) in [4.78, 5) is 4.89. The van der Waals surface area contributed by atoms with Gasteiger partial charge >= 0.3 is 0 Å². The Kier molecular flexibility index (Phi) is 8.99.